The molecule has 1 aliphatic rings. The lowest BCUT2D eigenvalue weighted by Gasteiger charge is -2.26. The fourth-order valence-electron chi connectivity index (χ4n) is 0.659. The van der Waals surface area contributed by atoms with Crippen LogP contribution in [0.4, 0.5) is 0 Å². The monoisotopic (exact) mass is 149 g/mol. The van der Waals surface area contributed by atoms with Crippen molar-refractivity contribution in [3.63, 3.8) is 0 Å². The Bertz CT molecular complexity index is 88.2. The maximum Gasteiger partial charge on any atom is 0.108 e. The van der Waals surface area contributed by atoms with E-state index in [9.17, 15) is 0 Å². The van der Waals surface area contributed by atoms with Crippen LogP contribution in [-0.2, 0) is 0 Å². The first-order valence-corrected chi connectivity index (χ1v) is 3.76. The van der Waals surface area contributed by atoms with E-state index >= 15 is 0 Å². The average Bonchev–Trinajstić information content (AvgIpc) is 1.83. The van der Waals surface area contributed by atoms with E-state index in [2.05, 4.69) is 0 Å². The van der Waals surface area contributed by atoms with Gasteiger partial charge in [-0.05, 0) is 0 Å². The zero-order valence-electron chi connectivity index (χ0n) is 4.77. The van der Waals surface area contributed by atoms with E-state index in [4.69, 9.17) is 15.3 Å². The van der Waals surface area contributed by atoms with Gasteiger partial charge in [0.1, 0.15) is 6.10 Å². The van der Waals surface area contributed by atoms with Gasteiger partial charge in [-0.15, -0.1) is 0 Å². The largest absolute Gasteiger partial charge is 0.389 e. The third-order valence-electron chi connectivity index (χ3n) is 1.25. The van der Waals surface area contributed by atoms with Gasteiger partial charge in [0, 0.05) is 11.5 Å². The summed E-state index contributed by atoms with van der Waals surface area (Å²) in [5.41, 5.74) is 0. The second-order valence-electron chi connectivity index (χ2n) is 2.02. The van der Waals surface area contributed by atoms with Crippen LogP contribution >= 0.6 is 11.8 Å². The maximum atomic E-state index is 8.90. The van der Waals surface area contributed by atoms with Crippen LogP contribution in [0.15, 0.2) is 0 Å². The lowest BCUT2D eigenvalue weighted by atomic mass is 10.1. The van der Waals surface area contributed by atoms with Crippen LogP contribution in [0.3, 0.4) is 0 Å². The van der Waals surface area contributed by atoms with E-state index in [1.807, 2.05) is 0 Å². The molecule has 1 aliphatic heterocycles. The lowest BCUT2D eigenvalue weighted by Crippen LogP contribution is -2.41. The SMILES string of the molecule is O[C@H]1[C@H](O)[CH]SC[C@@H]1O. The number of hydrogen-bond acceptors (Lipinski definition) is 4. The summed E-state index contributed by atoms with van der Waals surface area (Å²) in [5.74, 6) is 2.00. The molecule has 0 bridgehead atoms. The van der Waals surface area contributed by atoms with Gasteiger partial charge in [-0.3, -0.25) is 0 Å². The first-order valence-electron chi connectivity index (χ1n) is 2.71. The van der Waals surface area contributed by atoms with Gasteiger partial charge in [0.15, 0.2) is 0 Å². The maximum absolute atomic E-state index is 8.90. The minimum Gasteiger partial charge on any atom is -0.389 e. The molecule has 9 heavy (non-hydrogen) atoms. The summed E-state index contributed by atoms with van der Waals surface area (Å²) >= 11 is 1.33. The topological polar surface area (TPSA) is 60.7 Å². The van der Waals surface area contributed by atoms with E-state index in [0.717, 1.165) is 0 Å². The Balaban J connectivity index is 2.41. The molecule has 1 saturated heterocycles. The molecule has 53 valence electrons. The van der Waals surface area contributed by atoms with Crippen LogP contribution in [0, 0.1) is 5.75 Å². The van der Waals surface area contributed by atoms with Crippen LogP contribution < -0.4 is 0 Å². The minimum atomic E-state index is -0.994. The first-order chi connectivity index (χ1) is 4.22. The Morgan fingerprint density at radius 3 is 2.44 bits per heavy atom. The van der Waals surface area contributed by atoms with Gasteiger partial charge in [0.25, 0.3) is 0 Å². The quantitative estimate of drug-likeness (QED) is 0.412. The molecular weight excluding hydrogens is 140 g/mol. The van der Waals surface area contributed by atoms with E-state index in [1.54, 1.807) is 0 Å². The van der Waals surface area contributed by atoms with Gasteiger partial charge in [-0.1, -0.05) is 0 Å². The molecule has 4 heteroatoms. The van der Waals surface area contributed by atoms with Gasteiger partial charge >= 0.3 is 0 Å². The van der Waals surface area contributed by atoms with Gasteiger partial charge in [-0.2, -0.15) is 11.8 Å². The Morgan fingerprint density at radius 2 is 2.00 bits per heavy atom. The number of hydrogen-bond donors (Lipinski definition) is 3. The van der Waals surface area contributed by atoms with Gasteiger partial charge in [0.05, 0.1) is 12.2 Å². The molecular formula is C5H9O3S. The summed E-state index contributed by atoms with van der Waals surface area (Å²) in [5, 5.41) is 26.7. The Morgan fingerprint density at radius 1 is 1.33 bits per heavy atom. The molecule has 0 aromatic carbocycles. The molecule has 0 saturated carbocycles. The third-order valence-corrected chi connectivity index (χ3v) is 2.25. The minimum absolute atomic E-state index is 0.470. The van der Waals surface area contributed by atoms with Crippen molar-refractivity contribution in [2.45, 2.75) is 18.3 Å². The number of aliphatic hydroxyl groups excluding tert-OH is 3. The molecule has 3 N–H and O–H groups in total. The molecule has 1 fully saturated rings. The smallest absolute Gasteiger partial charge is 0.108 e. The van der Waals surface area contributed by atoms with Crippen molar-refractivity contribution in [3.05, 3.63) is 5.75 Å². The Hall–Kier alpha value is 0.230. The lowest BCUT2D eigenvalue weighted by molar-refractivity contribution is -0.0368. The summed E-state index contributed by atoms with van der Waals surface area (Å²) in [6.45, 7) is 0. The van der Waals surface area contributed by atoms with E-state index in [0.29, 0.717) is 5.75 Å². The fourth-order valence-corrected chi connectivity index (χ4v) is 1.52. The van der Waals surface area contributed by atoms with Crippen LogP contribution in [0.5, 0.6) is 0 Å². The highest BCUT2D eigenvalue weighted by Crippen LogP contribution is 2.21. The molecule has 1 radical (unpaired) electrons. The molecule has 3 atom stereocenters. The van der Waals surface area contributed by atoms with Crippen molar-refractivity contribution in [1.82, 2.24) is 0 Å². The molecule has 0 unspecified atom stereocenters. The van der Waals surface area contributed by atoms with Gasteiger partial charge < -0.3 is 15.3 Å². The molecule has 0 aromatic rings. The normalized spacial score (nSPS) is 45.0. The predicted octanol–water partition coefficient (Wildman–Crippen LogP) is -1.02. The summed E-state index contributed by atoms with van der Waals surface area (Å²) in [6, 6.07) is 0. The molecule has 0 amide bonds. The number of aliphatic hydroxyl groups is 3. The van der Waals surface area contributed by atoms with E-state index in [1.165, 1.54) is 17.5 Å². The van der Waals surface area contributed by atoms with E-state index in [-0.39, 0.29) is 0 Å². The van der Waals surface area contributed by atoms with Crippen molar-refractivity contribution in [2.24, 2.45) is 0 Å². The van der Waals surface area contributed by atoms with Crippen LogP contribution in [-0.4, -0.2) is 39.4 Å². The highest BCUT2D eigenvalue weighted by Gasteiger charge is 2.29. The standard InChI is InChI=1S/C5H9O3S/c6-3-1-9-2-4(7)5(3)8/h1,3-8H,2H2/t3-,4+,5+/m1/s1. The molecule has 0 aliphatic carbocycles. The van der Waals surface area contributed by atoms with Crippen molar-refractivity contribution in [3.8, 4) is 0 Å². The highest BCUT2D eigenvalue weighted by atomic mass is 32.2. The fraction of sp³-hybridized carbons (Fsp3) is 0.800. The predicted molar refractivity (Wildman–Crippen MR) is 34.8 cm³/mol. The number of thioether (sulfide) groups is 1. The summed E-state index contributed by atoms with van der Waals surface area (Å²) in [7, 11) is 0. The highest BCUT2D eigenvalue weighted by molar-refractivity contribution is 8.01. The van der Waals surface area contributed by atoms with Crippen molar-refractivity contribution in [2.75, 3.05) is 5.75 Å². The second kappa shape index (κ2) is 2.88. The molecule has 0 aromatic heterocycles. The van der Waals surface area contributed by atoms with Crippen molar-refractivity contribution in [1.29, 1.82) is 0 Å². The van der Waals surface area contributed by atoms with Gasteiger partial charge in [-0.25, -0.2) is 0 Å². The molecule has 1 rings (SSSR count). The van der Waals surface area contributed by atoms with Crippen molar-refractivity contribution < 1.29 is 15.3 Å². The summed E-state index contributed by atoms with van der Waals surface area (Å²) in [4.78, 5) is 0. The zero-order valence-corrected chi connectivity index (χ0v) is 5.58. The molecule has 1 heterocycles. The van der Waals surface area contributed by atoms with Gasteiger partial charge in [0.2, 0.25) is 0 Å². The summed E-state index contributed by atoms with van der Waals surface area (Å²) in [6.07, 6.45) is -2.65. The molecule has 0 spiro atoms. The third kappa shape index (κ3) is 1.58. The van der Waals surface area contributed by atoms with Crippen LogP contribution in [0.25, 0.3) is 0 Å². The van der Waals surface area contributed by atoms with Crippen molar-refractivity contribution >= 4 is 11.8 Å². The van der Waals surface area contributed by atoms with E-state index < -0.39 is 18.3 Å². The second-order valence-corrected chi connectivity index (χ2v) is 2.96. The first kappa shape index (κ1) is 7.34. The Kier molecular flexibility index (Phi) is 2.35. The summed E-state index contributed by atoms with van der Waals surface area (Å²) < 4.78 is 0. The Labute approximate surface area is 57.7 Å². The molecule has 3 nitrogen and oxygen atoms in total. The van der Waals surface area contributed by atoms with Crippen LogP contribution in [0.1, 0.15) is 0 Å². The van der Waals surface area contributed by atoms with Crippen LogP contribution in [0.2, 0.25) is 0 Å². The average molecular weight is 149 g/mol. The number of rotatable bonds is 0. The zero-order chi connectivity index (χ0) is 6.85.